The molecular formula is C21H22O6. The van der Waals surface area contributed by atoms with Gasteiger partial charge in [-0.3, -0.25) is 9.59 Å². The van der Waals surface area contributed by atoms with Gasteiger partial charge in [0, 0.05) is 12.3 Å². The van der Waals surface area contributed by atoms with Gasteiger partial charge in [0.25, 0.3) is 0 Å². The Bertz CT molecular complexity index is 829. The molecule has 2 N–H and O–H groups in total. The number of hydrogen-bond donors (Lipinski definition) is 2. The van der Waals surface area contributed by atoms with Crippen molar-refractivity contribution in [2.24, 2.45) is 5.92 Å². The van der Waals surface area contributed by atoms with Crippen LogP contribution in [0.1, 0.15) is 18.4 Å². The van der Waals surface area contributed by atoms with E-state index in [4.69, 9.17) is 9.47 Å². The van der Waals surface area contributed by atoms with Crippen LogP contribution < -0.4 is 4.74 Å². The van der Waals surface area contributed by atoms with Gasteiger partial charge in [-0.2, -0.15) is 0 Å². The van der Waals surface area contributed by atoms with E-state index in [1.807, 2.05) is 0 Å². The summed E-state index contributed by atoms with van der Waals surface area (Å²) in [5.41, 5.74) is 0.673. The van der Waals surface area contributed by atoms with Crippen molar-refractivity contribution in [1.29, 1.82) is 0 Å². The standard InChI is InChI=1S/C21H22O6/c1-26-20-11-14(5-9-18(20)24)3-7-16(22)13-17(23)8-4-15-6-10-19(25)21(12-15)27-2/h3-11,15,24-25H,12-13H2,1-2H3/b7-3+,8-4+. The lowest BCUT2D eigenvalue weighted by molar-refractivity contribution is -0.121. The van der Waals surface area contributed by atoms with Gasteiger partial charge in [-0.15, -0.1) is 0 Å². The summed E-state index contributed by atoms with van der Waals surface area (Å²) < 4.78 is 10.1. The summed E-state index contributed by atoms with van der Waals surface area (Å²) in [6.45, 7) is 0. The molecule has 0 aliphatic heterocycles. The third kappa shape index (κ3) is 5.88. The summed E-state index contributed by atoms with van der Waals surface area (Å²) in [6, 6.07) is 4.69. The second kappa shape index (κ2) is 9.43. The Kier molecular flexibility index (Phi) is 7.00. The van der Waals surface area contributed by atoms with Gasteiger partial charge in [-0.25, -0.2) is 0 Å². The number of phenols is 1. The van der Waals surface area contributed by atoms with Crippen molar-refractivity contribution in [2.45, 2.75) is 12.8 Å². The van der Waals surface area contributed by atoms with Crippen LogP contribution in [0.2, 0.25) is 0 Å². The average molecular weight is 370 g/mol. The molecule has 0 saturated carbocycles. The van der Waals surface area contributed by atoms with Crippen molar-refractivity contribution in [2.75, 3.05) is 14.2 Å². The summed E-state index contributed by atoms with van der Waals surface area (Å²) in [7, 11) is 2.91. The maximum atomic E-state index is 12.0. The normalized spacial score (nSPS) is 16.9. The van der Waals surface area contributed by atoms with Gasteiger partial charge in [-0.05, 0) is 35.9 Å². The van der Waals surface area contributed by atoms with Crippen LogP contribution in [0.15, 0.2) is 60.1 Å². The lowest BCUT2D eigenvalue weighted by atomic mass is 9.97. The van der Waals surface area contributed by atoms with Crippen LogP contribution in [0.3, 0.4) is 0 Å². The van der Waals surface area contributed by atoms with Crippen LogP contribution >= 0.6 is 0 Å². The SMILES string of the molecule is COC1=C(O)C=CC(/C=C/C(=O)CC(=O)/C=C/c2ccc(O)c(OC)c2)C1. The molecule has 0 saturated heterocycles. The number of aliphatic hydroxyl groups excluding tert-OH is 1. The van der Waals surface area contributed by atoms with Crippen molar-refractivity contribution in [3.05, 3.63) is 65.7 Å². The number of hydrogen-bond acceptors (Lipinski definition) is 6. The lowest BCUT2D eigenvalue weighted by Crippen LogP contribution is -2.06. The maximum Gasteiger partial charge on any atom is 0.163 e. The molecule has 0 amide bonds. The first kappa shape index (κ1) is 20.0. The van der Waals surface area contributed by atoms with E-state index >= 15 is 0 Å². The quantitative estimate of drug-likeness (QED) is 0.537. The molecule has 0 bridgehead atoms. The number of aromatic hydroxyl groups is 1. The largest absolute Gasteiger partial charge is 0.504 e. The fourth-order valence-electron chi connectivity index (χ4n) is 2.52. The van der Waals surface area contributed by atoms with Crippen molar-refractivity contribution in [3.63, 3.8) is 0 Å². The Hall–Kier alpha value is -3.28. The van der Waals surface area contributed by atoms with Crippen LogP contribution in [-0.2, 0) is 14.3 Å². The van der Waals surface area contributed by atoms with E-state index in [2.05, 4.69) is 0 Å². The highest BCUT2D eigenvalue weighted by Gasteiger charge is 2.15. The van der Waals surface area contributed by atoms with E-state index in [0.717, 1.165) is 0 Å². The number of allylic oxidation sites excluding steroid dienone is 6. The minimum absolute atomic E-state index is 0.0119. The Morgan fingerprint density at radius 2 is 1.89 bits per heavy atom. The molecule has 142 valence electrons. The first-order chi connectivity index (χ1) is 12.9. The number of methoxy groups -OCH3 is 2. The Balaban J connectivity index is 1.89. The number of phenolic OH excluding ortho intramolecular Hbond substituents is 1. The van der Waals surface area contributed by atoms with Crippen molar-refractivity contribution < 1.29 is 29.3 Å². The minimum Gasteiger partial charge on any atom is -0.504 e. The fourth-order valence-corrected chi connectivity index (χ4v) is 2.52. The summed E-state index contributed by atoms with van der Waals surface area (Å²) in [4.78, 5) is 23.9. The molecule has 0 aromatic heterocycles. The summed E-state index contributed by atoms with van der Waals surface area (Å²) >= 11 is 0. The van der Waals surface area contributed by atoms with Crippen molar-refractivity contribution in [1.82, 2.24) is 0 Å². The summed E-state index contributed by atoms with van der Waals surface area (Å²) in [6.07, 6.45) is 9.46. The number of ketones is 2. The van der Waals surface area contributed by atoms with Crippen LogP contribution in [-0.4, -0.2) is 36.0 Å². The molecule has 1 aliphatic carbocycles. The Morgan fingerprint density at radius 1 is 1.15 bits per heavy atom. The maximum absolute atomic E-state index is 12.0. The van der Waals surface area contributed by atoms with E-state index in [-0.39, 0.29) is 35.4 Å². The molecule has 2 rings (SSSR count). The number of carbonyl (C=O) groups is 2. The van der Waals surface area contributed by atoms with E-state index in [0.29, 0.717) is 23.5 Å². The molecule has 27 heavy (non-hydrogen) atoms. The number of rotatable bonds is 8. The predicted octanol–water partition coefficient (Wildman–Crippen LogP) is 3.49. The molecule has 0 fully saturated rings. The van der Waals surface area contributed by atoms with Gasteiger partial charge in [0.15, 0.2) is 28.8 Å². The van der Waals surface area contributed by atoms with Crippen LogP contribution in [0.25, 0.3) is 6.08 Å². The molecule has 1 aromatic carbocycles. The highest BCUT2D eigenvalue weighted by Crippen LogP contribution is 2.27. The summed E-state index contributed by atoms with van der Waals surface area (Å²) in [5.74, 6) is 0.153. The van der Waals surface area contributed by atoms with E-state index in [1.54, 1.807) is 30.4 Å². The molecule has 6 nitrogen and oxygen atoms in total. The molecule has 1 atom stereocenters. The van der Waals surface area contributed by atoms with Crippen molar-refractivity contribution >= 4 is 17.6 Å². The third-order valence-electron chi connectivity index (χ3n) is 4.00. The third-order valence-corrected chi connectivity index (χ3v) is 4.00. The number of carbonyl (C=O) groups excluding carboxylic acids is 2. The van der Waals surface area contributed by atoms with Gasteiger partial charge < -0.3 is 19.7 Å². The van der Waals surface area contributed by atoms with Gasteiger partial charge in [0.05, 0.1) is 20.6 Å². The second-order valence-corrected chi connectivity index (χ2v) is 5.97. The van der Waals surface area contributed by atoms with Crippen LogP contribution in [0.5, 0.6) is 11.5 Å². The molecule has 0 heterocycles. The van der Waals surface area contributed by atoms with Gasteiger partial charge in [-0.1, -0.05) is 24.3 Å². The number of ether oxygens (including phenoxy) is 2. The topological polar surface area (TPSA) is 93.1 Å². The molecule has 0 spiro atoms. The minimum atomic E-state index is -0.328. The van der Waals surface area contributed by atoms with Gasteiger partial charge in [0.1, 0.15) is 5.76 Å². The molecule has 0 radical (unpaired) electrons. The van der Waals surface area contributed by atoms with E-state index in [1.165, 1.54) is 38.5 Å². The lowest BCUT2D eigenvalue weighted by Gasteiger charge is -2.15. The first-order valence-corrected chi connectivity index (χ1v) is 8.36. The highest BCUT2D eigenvalue weighted by molar-refractivity contribution is 6.09. The zero-order valence-electron chi connectivity index (χ0n) is 15.2. The van der Waals surface area contributed by atoms with Crippen molar-refractivity contribution in [3.8, 4) is 11.5 Å². The molecule has 6 heteroatoms. The van der Waals surface area contributed by atoms with Gasteiger partial charge in [0.2, 0.25) is 0 Å². The second-order valence-electron chi connectivity index (χ2n) is 5.97. The zero-order chi connectivity index (χ0) is 19.8. The summed E-state index contributed by atoms with van der Waals surface area (Å²) in [5, 5.41) is 19.1. The van der Waals surface area contributed by atoms with Crippen LogP contribution in [0, 0.1) is 5.92 Å². The van der Waals surface area contributed by atoms with E-state index < -0.39 is 0 Å². The molecule has 1 aliphatic rings. The Labute approximate surface area is 157 Å². The molecule has 1 aromatic rings. The highest BCUT2D eigenvalue weighted by atomic mass is 16.5. The average Bonchev–Trinajstić information content (AvgIpc) is 2.66. The van der Waals surface area contributed by atoms with E-state index in [9.17, 15) is 19.8 Å². The smallest absolute Gasteiger partial charge is 0.163 e. The monoisotopic (exact) mass is 370 g/mol. The Morgan fingerprint density at radius 3 is 2.59 bits per heavy atom. The number of aliphatic hydroxyl groups is 1. The number of benzene rings is 1. The molecular weight excluding hydrogens is 348 g/mol. The zero-order valence-corrected chi connectivity index (χ0v) is 15.2. The fraction of sp³-hybridized carbons (Fsp3) is 0.238. The molecule has 1 unspecified atom stereocenters. The first-order valence-electron chi connectivity index (χ1n) is 8.36. The predicted molar refractivity (Wildman–Crippen MR) is 101 cm³/mol. The van der Waals surface area contributed by atoms with Gasteiger partial charge >= 0.3 is 0 Å². The van der Waals surface area contributed by atoms with Crippen LogP contribution in [0.4, 0.5) is 0 Å².